The summed E-state index contributed by atoms with van der Waals surface area (Å²) in [6.45, 7) is 2.36. The normalized spacial score (nSPS) is 40.5. The van der Waals surface area contributed by atoms with Crippen molar-refractivity contribution in [1.82, 2.24) is 10.3 Å². The molecule has 0 spiro atoms. The van der Waals surface area contributed by atoms with Crippen molar-refractivity contribution in [2.75, 3.05) is 14.1 Å². The molecule has 1 aromatic carbocycles. The second-order valence-corrected chi connectivity index (χ2v) is 12.6. The molecule has 0 radical (unpaired) electrons. The molecule has 35 heavy (non-hydrogen) atoms. The van der Waals surface area contributed by atoms with Crippen LogP contribution in [0, 0.1) is 23.2 Å². The lowest BCUT2D eigenvalue weighted by Gasteiger charge is -2.57. The van der Waals surface area contributed by atoms with Gasteiger partial charge in [-0.25, -0.2) is 0 Å². The van der Waals surface area contributed by atoms with Gasteiger partial charge in [-0.15, -0.1) is 11.6 Å². The van der Waals surface area contributed by atoms with Gasteiger partial charge in [0.25, 0.3) is 0 Å². The van der Waals surface area contributed by atoms with Crippen molar-refractivity contribution in [2.24, 2.45) is 23.2 Å². The first-order chi connectivity index (χ1) is 16.7. The molecule has 3 N–H and O–H groups in total. The molecular formula is C30H41ClN2O2. The summed E-state index contributed by atoms with van der Waals surface area (Å²) in [4.78, 5) is 3.90. The molecule has 4 aliphatic rings. The molecule has 4 nitrogen and oxygen atoms in total. The molecule has 190 valence electrons. The number of pyridine rings is 1. The van der Waals surface area contributed by atoms with Crippen molar-refractivity contribution < 1.29 is 10.2 Å². The first-order valence-corrected chi connectivity index (χ1v) is 13.9. The first kappa shape index (κ1) is 25.2. The van der Waals surface area contributed by atoms with E-state index in [0.29, 0.717) is 11.8 Å². The molecule has 4 aliphatic carbocycles. The molecule has 0 aliphatic heterocycles. The number of hydrogen-bond donors (Lipinski definition) is 3. The summed E-state index contributed by atoms with van der Waals surface area (Å²) in [5.74, 6) is 1.18. The SMILES string of the molecule is CC12CCC3(Cl)CC4CC(O)CCC4CC[C@]3(O)C1CC=C2c1ccc2ncccc2c1.CNC. The molecular weight excluding hydrogens is 456 g/mol. The maximum Gasteiger partial charge on any atom is 0.0878 e. The number of hydrogen-bond acceptors (Lipinski definition) is 4. The Hall–Kier alpha value is -1.46. The maximum absolute atomic E-state index is 12.4. The van der Waals surface area contributed by atoms with Gasteiger partial charge >= 0.3 is 0 Å². The lowest BCUT2D eigenvalue weighted by molar-refractivity contribution is -0.118. The molecule has 0 amide bonds. The molecule has 2 aromatic rings. The van der Waals surface area contributed by atoms with Gasteiger partial charge < -0.3 is 15.5 Å². The van der Waals surface area contributed by atoms with Crippen LogP contribution in [0.1, 0.15) is 70.3 Å². The molecule has 1 heterocycles. The number of aromatic nitrogens is 1. The number of halogens is 1. The van der Waals surface area contributed by atoms with Gasteiger partial charge in [-0.1, -0.05) is 25.1 Å². The Kier molecular flexibility index (Phi) is 6.80. The Labute approximate surface area is 215 Å². The number of nitrogens with one attached hydrogen (secondary N) is 1. The van der Waals surface area contributed by atoms with Crippen LogP contribution in [0.5, 0.6) is 0 Å². The van der Waals surface area contributed by atoms with E-state index < -0.39 is 10.5 Å². The van der Waals surface area contributed by atoms with Gasteiger partial charge in [0.05, 0.1) is 22.1 Å². The number of benzene rings is 1. The number of aliphatic hydroxyl groups is 2. The van der Waals surface area contributed by atoms with E-state index in [2.05, 4.69) is 47.6 Å². The van der Waals surface area contributed by atoms with Crippen LogP contribution in [-0.2, 0) is 0 Å². The van der Waals surface area contributed by atoms with Crippen LogP contribution in [0.25, 0.3) is 16.5 Å². The minimum Gasteiger partial charge on any atom is -0.393 e. The zero-order valence-corrected chi connectivity index (χ0v) is 22.2. The van der Waals surface area contributed by atoms with Crippen LogP contribution in [0.15, 0.2) is 42.6 Å². The second kappa shape index (κ2) is 9.45. The van der Waals surface area contributed by atoms with Gasteiger partial charge in [0, 0.05) is 17.5 Å². The Morgan fingerprint density at radius 3 is 2.66 bits per heavy atom. The lowest BCUT2D eigenvalue weighted by atomic mass is 9.53. The predicted octanol–water partition coefficient (Wildman–Crippen LogP) is 5.94. The van der Waals surface area contributed by atoms with Crippen LogP contribution >= 0.6 is 11.6 Å². The van der Waals surface area contributed by atoms with E-state index in [1.54, 1.807) is 0 Å². The lowest BCUT2D eigenvalue weighted by Crippen LogP contribution is -2.62. The van der Waals surface area contributed by atoms with Crippen molar-refractivity contribution in [1.29, 1.82) is 0 Å². The third kappa shape index (κ3) is 4.15. The van der Waals surface area contributed by atoms with Gasteiger partial charge in [0.1, 0.15) is 0 Å². The molecule has 6 rings (SSSR count). The van der Waals surface area contributed by atoms with Crippen molar-refractivity contribution in [3.8, 4) is 0 Å². The minimum absolute atomic E-state index is 0.0714. The summed E-state index contributed by atoms with van der Waals surface area (Å²) in [5, 5.41) is 26.6. The van der Waals surface area contributed by atoms with Crippen LogP contribution < -0.4 is 5.32 Å². The third-order valence-corrected chi connectivity index (χ3v) is 10.5. The highest BCUT2D eigenvalue weighted by Gasteiger charge is 2.65. The smallest absolute Gasteiger partial charge is 0.0878 e. The van der Waals surface area contributed by atoms with Crippen molar-refractivity contribution in [3.63, 3.8) is 0 Å². The number of aliphatic hydroxyl groups excluding tert-OH is 1. The quantitative estimate of drug-likeness (QED) is 0.427. The standard InChI is InChI=1S/C28H34ClNO2.C2H7N/c1-26-12-13-27(29)17-21-16-22(31)6-4-18(21)10-11-28(27,32)25(26)9-7-23(26)19-5-8-24-20(15-19)3-2-14-30-24;1-3-2/h2-3,5,7-8,14-15,18,21-22,25,31-32H,4,6,9-13,16-17H2,1H3;3H,1-2H3/t18?,21?,22?,25?,26?,27?,28-;/m0./s1. The highest BCUT2D eigenvalue weighted by Crippen LogP contribution is 2.67. The summed E-state index contributed by atoms with van der Waals surface area (Å²) < 4.78 is 0. The van der Waals surface area contributed by atoms with Crippen LogP contribution in [0.2, 0.25) is 0 Å². The molecule has 6 unspecified atom stereocenters. The summed E-state index contributed by atoms with van der Waals surface area (Å²) in [6.07, 6.45) is 12.2. The Morgan fingerprint density at radius 1 is 1.06 bits per heavy atom. The fourth-order valence-electron chi connectivity index (χ4n) is 8.05. The first-order valence-electron chi connectivity index (χ1n) is 13.5. The zero-order chi connectivity index (χ0) is 24.8. The van der Waals surface area contributed by atoms with Gasteiger partial charge in [-0.2, -0.15) is 0 Å². The molecule has 3 fully saturated rings. The average Bonchev–Trinajstić information content (AvgIpc) is 3.14. The van der Waals surface area contributed by atoms with Crippen LogP contribution in [0.4, 0.5) is 0 Å². The zero-order valence-electron chi connectivity index (χ0n) is 21.4. The molecule has 5 heteroatoms. The summed E-state index contributed by atoms with van der Waals surface area (Å²) >= 11 is 7.43. The molecule has 7 atom stereocenters. The molecule has 3 saturated carbocycles. The average molecular weight is 497 g/mol. The largest absolute Gasteiger partial charge is 0.393 e. The molecule has 0 bridgehead atoms. The third-order valence-electron chi connectivity index (χ3n) is 9.84. The highest BCUT2D eigenvalue weighted by atomic mass is 35.5. The highest BCUT2D eigenvalue weighted by molar-refractivity contribution is 6.25. The monoisotopic (exact) mass is 496 g/mol. The van der Waals surface area contributed by atoms with Crippen molar-refractivity contribution in [3.05, 3.63) is 48.2 Å². The van der Waals surface area contributed by atoms with Crippen LogP contribution in [-0.4, -0.2) is 45.9 Å². The van der Waals surface area contributed by atoms with E-state index in [4.69, 9.17) is 11.6 Å². The summed E-state index contributed by atoms with van der Waals surface area (Å²) in [6, 6.07) is 10.7. The van der Waals surface area contributed by atoms with Gasteiger partial charge in [0.15, 0.2) is 0 Å². The Bertz CT molecular complexity index is 1100. The minimum atomic E-state index is -0.861. The van der Waals surface area contributed by atoms with E-state index in [-0.39, 0.29) is 17.4 Å². The van der Waals surface area contributed by atoms with E-state index in [9.17, 15) is 10.2 Å². The fourth-order valence-corrected chi connectivity index (χ4v) is 8.57. The van der Waals surface area contributed by atoms with Crippen molar-refractivity contribution >= 4 is 28.1 Å². The molecule has 1 aromatic heterocycles. The van der Waals surface area contributed by atoms with Crippen LogP contribution in [0.3, 0.4) is 0 Å². The summed E-state index contributed by atoms with van der Waals surface area (Å²) in [5.41, 5.74) is 2.72. The maximum atomic E-state index is 12.4. The number of rotatable bonds is 1. The second-order valence-electron chi connectivity index (χ2n) is 11.9. The number of fused-ring (bicyclic) bond motifs is 5. The van der Waals surface area contributed by atoms with Gasteiger partial charge in [-0.05, 0) is 118 Å². The number of alkyl halides is 1. The van der Waals surface area contributed by atoms with E-state index >= 15 is 0 Å². The van der Waals surface area contributed by atoms with E-state index in [1.807, 2.05) is 26.4 Å². The Morgan fingerprint density at radius 2 is 1.86 bits per heavy atom. The predicted molar refractivity (Wildman–Crippen MR) is 144 cm³/mol. The van der Waals surface area contributed by atoms with Gasteiger partial charge in [0.2, 0.25) is 0 Å². The van der Waals surface area contributed by atoms with E-state index in [1.165, 1.54) is 11.1 Å². The number of nitrogens with zero attached hydrogens (tertiary/aromatic N) is 1. The summed E-state index contributed by atoms with van der Waals surface area (Å²) in [7, 11) is 3.75. The van der Waals surface area contributed by atoms with Gasteiger partial charge in [-0.3, -0.25) is 4.98 Å². The number of allylic oxidation sites excluding steroid dienone is 2. The van der Waals surface area contributed by atoms with Crippen molar-refractivity contribution in [2.45, 2.75) is 81.3 Å². The topological polar surface area (TPSA) is 65.4 Å². The fraction of sp³-hybridized carbons (Fsp3) is 0.633. The Balaban J connectivity index is 0.000000806. The van der Waals surface area contributed by atoms with E-state index in [0.717, 1.165) is 68.7 Å². The molecule has 0 saturated heterocycles.